The predicted octanol–water partition coefficient (Wildman–Crippen LogP) is 4.46. The van der Waals surface area contributed by atoms with Crippen molar-refractivity contribution in [1.82, 2.24) is 4.98 Å². The lowest BCUT2D eigenvalue weighted by Gasteiger charge is -1.93. The Labute approximate surface area is 115 Å². The van der Waals surface area contributed by atoms with Crippen molar-refractivity contribution in [2.45, 2.75) is 6.92 Å². The van der Waals surface area contributed by atoms with Gasteiger partial charge in [-0.1, -0.05) is 30.3 Å². The molecule has 0 spiro atoms. The van der Waals surface area contributed by atoms with Crippen molar-refractivity contribution in [3.8, 4) is 11.3 Å². The van der Waals surface area contributed by atoms with Crippen LogP contribution in [0.3, 0.4) is 0 Å². The molecular weight excluding hydrogens is 256 g/mol. The maximum Gasteiger partial charge on any atom is 0.209 e. The maximum absolute atomic E-state index is 5.42. The number of hydrogen-bond acceptors (Lipinski definition) is 4. The average Bonchev–Trinajstić information content (AvgIpc) is 3.06. The predicted molar refractivity (Wildman–Crippen MR) is 78.2 cm³/mol. The molecule has 0 fully saturated rings. The number of nitrogens with zero attached hydrogens (tertiary/aromatic N) is 2. The SMILES string of the molecule is Cc1ccc(/C=N/c2nc(-c3ccccc3)cs2)o1. The van der Waals surface area contributed by atoms with E-state index < -0.39 is 0 Å². The highest BCUT2D eigenvalue weighted by Gasteiger charge is 2.02. The lowest BCUT2D eigenvalue weighted by atomic mass is 10.2. The third-order valence-electron chi connectivity index (χ3n) is 2.62. The van der Waals surface area contributed by atoms with E-state index in [4.69, 9.17) is 4.42 Å². The Morgan fingerprint density at radius 2 is 2.00 bits per heavy atom. The lowest BCUT2D eigenvalue weighted by molar-refractivity contribution is 0.528. The van der Waals surface area contributed by atoms with Crippen molar-refractivity contribution >= 4 is 22.7 Å². The number of rotatable bonds is 3. The number of thiazole rings is 1. The fourth-order valence-electron chi connectivity index (χ4n) is 1.71. The Morgan fingerprint density at radius 3 is 2.74 bits per heavy atom. The molecule has 2 aromatic heterocycles. The van der Waals surface area contributed by atoms with E-state index in [1.54, 1.807) is 6.21 Å². The molecule has 94 valence electrons. The van der Waals surface area contributed by atoms with Crippen molar-refractivity contribution in [2.24, 2.45) is 4.99 Å². The Morgan fingerprint density at radius 1 is 1.16 bits per heavy atom. The van der Waals surface area contributed by atoms with E-state index in [9.17, 15) is 0 Å². The molecular formula is C15H12N2OS. The molecule has 0 N–H and O–H groups in total. The van der Waals surface area contributed by atoms with E-state index in [1.807, 2.05) is 54.8 Å². The van der Waals surface area contributed by atoms with Gasteiger partial charge in [0.1, 0.15) is 11.5 Å². The van der Waals surface area contributed by atoms with E-state index in [1.165, 1.54) is 11.3 Å². The second kappa shape index (κ2) is 5.20. The first kappa shape index (κ1) is 11.9. The molecule has 0 saturated carbocycles. The first-order chi connectivity index (χ1) is 9.31. The molecule has 0 saturated heterocycles. The summed E-state index contributed by atoms with van der Waals surface area (Å²) in [5.74, 6) is 1.62. The minimum absolute atomic E-state index is 0.730. The quantitative estimate of drug-likeness (QED) is 0.658. The van der Waals surface area contributed by atoms with Gasteiger partial charge in [0.05, 0.1) is 11.9 Å². The molecule has 1 aromatic carbocycles. The van der Waals surface area contributed by atoms with E-state index in [2.05, 4.69) is 9.98 Å². The summed E-state index contributed by atoms with van der Waals surface area (Å²) in [6.45, 7) is 1.91. The van der Waals surface area contributed by atoms with Gasteiger partial charge in [-0.2, -0.15) is 0 Å². The normalized spacial score (nSPS) is 11.2. The fourth-order valence-corrected chi connectivity index (χ4v) is 2.38. The molecule has 4 heteroatoms. The van der Waals surface area contributed by atoms with Gasteiger partial charge < -0.3 is 4.42 Å². The van der Waals surface area contributed by atoms with Gasteiger partial charge >= 0.3 is 0 Å². The number of aromatic nitrogens is 1. The molecule has 3 nitrogen and oxygen atoms in total. The molecule has 0 amide bonds. The van der Waals surface area contributed by atoms with Crippen LogP contribution in [0.2, 0.25) is 0 Å². The van der Waals surface area contributed by atoms with Gasteiger partial charge in [0.25, 0.3) is 0 Å². The largest absolute Gasteiger partial charge is 0.460 e. The summed E-state index contributed by atoms with van der Waals surface area (Å²) in [7, 11) is 0. The van der Waals surface area contributed by atoms with Gasteiger partial charge in [-0.15, -0.1) is 11.3 Å². The van der Waals surface area contributed by atoms with Gasteiger partial charge in [0.2, 0.25) is 5.13 Å². The molecule has 0 aliphatic heterocycles. The second-order valence-electron chi connectivity index (χ2n) is 4.09. The monoisotopic (exact) mass is 268 g/mol. The lowest BCUT2D eigenvalue weighted by Crippen LogP contribution is -1.76. The first-order valence-electron chi connectivity index (χ1n) is 5.93. The molecule has 3 rings (SSSR count). The van der Waals surface area contributed by atoms with Crippen LogP contribution in [0.1, 0.15) is 11.5 Å². The van der Waals surface area contributed by atoms with Crippen LogP contribution in [0.25, 0.3) is 11.3 Å². The van der Waals surface area contributed by atoms with Crippen molar-refractivity contribution in [3.63, 3.8) is 0 Å². The molecule has 0 unspecified atom stereocenters. The van der Waals surface area contributed by atoms with Crippen molar-refractivity contribution in [3.05, 3.63) is 59.4 Å². The van der Waals surface area contributed by atoms with E-state index >= 15 is 0 Å². The Kier molecular flexibility index (Phi) is 3.25. The molecule has 3 aromatic rings. The molecule has 19 heavy (non-hydrogen) atoms. The van der Waals surface area contributed by atoms with Crippen LogP contribution in [-0.4, -0.2) is 11.2 Å². The van der Waals surface area contributed by atoms with Crippen LogP contribution in [0.4, 0.5) is 5.13 Å². The minimum Gasteiger partial charge on any atom is -0.460 e. The first-order valence-corrected chi connectivity index (χ1v) is 6.81. The van der Waals surface area contributed by atoms with Crippen LogP contribution in [-0.2, 0) is 0 Å². The molecule has 0 bridgehead atoms. The molecule has 2 heterocycles. The summed E-state index contributed by atoms with van der Waals surface area (Å²) in [6.07, 6.45) is 1.70. The molecule has 0 radical (unpaired) electrons. The topological polar surface area (TPSA) is 38.4 Å². The third-order valence-corrected chi connectivity index (χ3v) is 3.37. The zero-order valence-electron chi connectivity index (χ0n) is 10.4. The summed E-state index contributed by atoms with van der Waals surface area (Å²) in [6, 6.07) is 13.9. The summed E-state index contributed by atoms with van der Waals surface area (Å²) in [5, 5.41) is 2.74. The van der Waals surface area contributed by atoms with Gasteiger partial charge in [-0.25, -0.2) is 9.98 Å². The van der Waals surface area contributed by atoms with Gasteiger partial charge in [0.15, 0.2) is 0 Å². The number of furan rings is 1. The Balaban J connectivity index is 1.80. The highest BCUT2D eigenvalue weighted by Crippen LogP contribution is 2.26. The van der Waals surface area contributed by atoms with Crippen LogP contribution in [0, 0.1) is 6.92 Å². The van der Waals surface area contributed by atoms with Crippen LogP contribution < -0.4 is 0 Å². The zero-order chi connectivity index (χ0) is 13.1. The second-order valence-corrected chi connectivity index (χ2v) is 4.92. The Bertz CT molecular complexity index is 698. The standard InChI is InChI=1S/C15H12N2OS/c1-11-7-8-13(18-11)9-16-15-17-14(10-19-15)12-5-3-2-4-6-12/h2-10H,1H3/b16-9+. The van der Waals surface area contributed by atoms with E-state index in [0.717, 1.165) is 27.9 Å². The van der Waals surface area contributed by atoms with Crippen LogP contribution >= 0.6 is 11.3 Å². The molecule has 0 aliphatic rings. The minimum atomic E-state index is 0.730. The van der Waals surface area contributed by atoms with Crippen molar-refractivity contribution < 1.29 is 4.42 Å². The number of benzene rings is 1. The summed E-state index contributed by atoms with van der Waals surface area (Å²) >= 11 is 1.52. The molecule has 0 aliphatic carbocycles. The summed E-state index contributed by atoms with van der Waals surface area (Å²) < 4.78 is 5.42. The fraction of sp³-hybridized carbons (Fsp3) is 0.0667. The van der Waals surface area contributed by atoms with Crippen LogP contribution in [0.15, 0.2) is 57.3 Å². The summed E-state index contributed by atoms with van der Waals surface area (Å²) in [4.78, 5) is 8.81. The smallest absolute Gasteiger partial charge is 0.209 e. The number of hydrogen-bond donors (Lipinski definition) is 0. The highest BCUT2D eigenvalue weighted by atomic mass is 32.1. The average molecular weight is 268 g/mol. The summed E-state index contributed by atoms with van der Waals surface area (Å²) in [5.41, 5.74) is 2.06. The Hall–Kier alpha value is -2.20. The zero-order valence-corrected chi connectivity index (χ0v) is 11.2. The van der Waals surface area contributed by atoms with E-state index in [0.29, 0.717) is 0 Å². The maximum atomic E-state index is 5.42. The number of aliphatic imine (C=N–C) groups is 1. The van der Waals surface area contributed by atoms with Gasteiger partial charge in [-0.05, 0) is 19.1 Å². The molecule has 0 atom stereocenters. The van der Waals surface area contributed by atoms with Crippen molar-refractivity contribution in [1.29, 1.82) is 0 Å². The van der Waals surface area contributed by atoms with Crippen molar-refractivity contribution in [2.75, 3.05) is 0 Å². The van der Waals surface area contributed by atoms with Crippen LogP contribution in [0.5, 0.6) is 0 Å². The number of aryl methyl sites for hydroxylation is 1. The van der Waals surface area contributed by atoms with Gasteiger partial charge in [-0.3, -0.25) is 0 Å². The highest BCUT2D eigenvalue weighted by molar-refractivity contribution is 7.13. The van der Waals surface area contributed by atoms with E-state index in [-0.39, 0.29) is 0 Å². The van der Waals surface area contributed by atoms with Gasteiger partial charge in [0, 0.05) is 10.9 Å². The third kappa shape index (κ3) is 2.80.